The average molecular weight is 279 g/mol. The van der Waals surface area contributed by atoms with Crippen molar-refractivity contribution >= 4 is 11.7 Å². The number of nitrogens with zero attached hydrogens (tertiary/aromatic N) is 5. The molecule has 0 saturated carbocycles. The number of hydrogen-bond acceptors (Lipinski definition) is 5. The van der Waals surface area contributed by atoms with E-state index in [2.05, 4.69) is 10.2 Å². The summed E-state index contributed by atoms with van der Waals surface area (Å²) in [6.45, 7) is 3.23. The van der Waals surface area contributed by atoms with Gasteiger partial charge in [-0.3, -0.25) is 19.5 Å². The van der Waals surface area contributed by atoms with Gasteiger partial charge in [-0.1, -0.05) is 0 Å². The molecule has 9 nitrogen and oxygen atoms in total. The fourth-order valence-corrected chi connectivity index (χ4v) is 2.08. The number of carbonyl (C=O) groups is 1. The lowest BCUT2D eigenvalue weighted by Gasteiger charge is -2.05. The summed E-state index contributed by atoms with van der Waals surface area (Å²) in [5.41, 5.74) is 1.11. The quantitative estimate of drug-likeness (QED) is 0.656. The van der Waals surface area contributed by atoms with Crippen LogP contribution in [-0.4, -0.2) is 35.6 Å². The van der Waals surface area contributed by atoms with Crippen LogP contribution in [0.15, 0.2) is 6.20 Å². The highest BCUT2D eigenvalue weighted by Gasteiger charge is 2.23. The van der Waals surface area contributed by atoms with Crippen molar-refractivity contribution in [2.75, 3.05) is 0 Å². The number of hydrogen-bond donors (Lipinski definition) is 1. The second-order valence-corrected chi connectivity index (χ2v) is 4.37. The summed E-state index contributed by atoms with van der Waals surface area (Å²) in [7, 11) is 1.61. The molecule has 0 aliphatic rings. The normalized spacial score (nSPS) is 10.8. The highest BCUT2D eigenvalue weighted by atomic mass is 16.6. The predicted molar refractivity (Wildman–Crippen MR) is 67.6 cm³/mol. The molecule has 0 aromatic carbocycles. The van der Waals surface area contributed by atoms with E-state index < -0.39 is 10.9 Å². The lowest BCUT2D eigenvalue weighted by Crippen LogP contribution is -2.12. The molecule has 0 saturated heterocycles. The van der Waals surface area contributed by atoms with Gasteiger partial charge in [0.15, 0.2) is 0 Å². The van der Waals surface area contributed by atoms with Gasteiger partial charge in [-0.2, -0.15) is 10.2 Å². The number of nitro groups is 1. The van der Waals surface area contributed by atoms with Gasteiger partial charge in [0.05, 0.1) is 23.4 Å². The van der Waals surface area contributed by atoms with Crippen LogP contribution in [0.1, 0.15) is 27.4 Å². The Morgan fingerprint density at radius 3 is 2.65 bits per heavy atom. The summed E-state index contributed by atoms with van der Waals surface area (Å²) in [6.07, 6.45) is 1.25. The van der Waals surface area contributed by atoms with Gasteiger partial charge < -0.3 is 5.11 Å². The molecule has 106 valence electrons. The Morgan fingerprint density at radius 2 is 2.15 bits per heavy atom. The standard InChI is InChI=1S/C11H13N5O4/c1-6-10(16(19)20)7(2)15(13-6)5-9-8(11(17)18)4-12-14(9)3/h4H,5H2,1-3H3,(H,17,18). The van der Waals surface area contributed by atoms with E-state index in [-0.39, 0.29) is 17.8 Å². The Balaban J connectivity index is 2.46. The van der Waals surface area contributed by atoms with Gasteiger partial charge in [0.1, 0.15) is 17.0 Å². The van der Waals surface area contributed by atoms with Gasteiger partial charge >= 0.3 is 11.7 Å². The minimum absolute atomic E-state index is 0.0518. The molecule has 0 aliphatic heterocycles. The van der Waals surface area contributed by atoms with Crippen LogP contribution in [0, 0.1) is 24.0 Å². The smallest absolute Gasteiger partial charge is 0.339 e. The summed E-state index contributed by atoms with van der Waals surface area (Å²) >= 11 is 0. The topological polar surface area (TPSA) is 116 Å². The van der Waals surface area contributed by atoms with Crippen LogP contribution in [0.25, 0.3) is 0 Å². The Kier molecular flexibility index (Phi) is 3.26. The predicted octanol–water partition coefficient (Wildman–Crippen LogP) is 0.888. The summed E-state index contributed by atoms with van der Waals surface area (Å²) in [5.74, 6) is -1.09. The van der Waals surface area contributed by atoms with Crippen molar-refractivity contribution in [3.63, 3.8) is 0 Å². The molecule has 1 N–H and O–H groups in total. The number of aryl methyl sites for hydroxylation is 2. The van der Waals surface area contributed by atoms with Crippen molar-refractivity contribution < 1.29 is 14.8 Å². The zero-order valence-corrected chi connectivity index (χ0v) is 11.2. The second-order valence-electron chi connectivity index (χ2n) is 4.37. The van der Waals surface area contributed by atoms with E-state index in [9.17, 15) is 14.9 Å². The van der Waals surface area contributed by atoms with E-state index >= 15 is 0 Å². The lowest BCUT2D eigenvalue weighted by molar-refractivity contribution is -0.386. The van der Waals surface area contributed by atoms with E-state index in [0.717, 1.165) is 0 Å². The highest BCUT2D eigenvalue weighted by molar-refractivity contribution is 5.88. The monoisotopic (exact) mass is 279 g/mol. The molecule has 0 radical (unpaired) electrons. The Bertz CT molecular complexity index is 700. The maximum Gasteiger partial charge on any atom is 0.339 e. The zero-order chi connectivity index (χ0) is 15.0. The summed E-state index contributed by atoms with van der Waals surface area (Å²) < 4.78 is 2.84. The molecule has 20 heavy (non-hydrogen) atoms. The largest absolute Gasteiger partial charge is 0.478 e. The van der Waals surface area contributed by atoms with Gasteiger partial charge in [0.25, 0.3) is 0 Å². The number of carboxylic acids is 1. The van der Waals surface area contributed by atoms with Gasteiger partial charge in [-0.15, -0.1) is 0 Å². The van der Waals surface area contributed by atoms with E-state index in [1.807, 2.05) is 0 Å². The Morgan fingerprint density at radius 1 is 1.50 bits per heavy atom. The molecule has 0 amide bonds. The van der Waals surface area contributed by atoms with Gasteiger partial charge in [0, 0.05) is 7.05 Å². The van der Waals surface area contributed by atoms with E-state index in [1.165, 1.54) is 15.6 Å². The number of aromatic carboxylic acids is 1. The molecule has 0 unspecified atom stereocenters. The summed E-state index contributed by atoms with van der Waals surface area (Å²) in [5, 5.41) is 28.0. The third-order valence-corrected chi connectivity index (χ3v) is 3.12. The van der Waals surface area contributed by atoms with Crippen LogP contribution < -0.4 is 0 Å². The van der Waals surface area contributed by atoms with Crippen molar-refractivity contribution in [2.45, 2.75) is 20.4 Å². The minimum atomic E-state index is -1.09. The van der Waals surface area contributed by atoms with Crippen molar-refractivity contribution in [1.82, 2.24) is 19.6 Å². The van der Waals surface area contributed by atoms with Crippen LogP contribution in [0.3, 0.4) is 0 Å². The summed E-state index contributed by atoms with van der Waals surface area (Å²) in [4.78, 5) is 21.5. The van der Waals surface area contributed by atoms with Crippen LogP contribution in [0.5, 0.6) is 0 Å². The fraction of sp³-hybridized carbons (Fsp3) is 0.364. The molecular formula is C11H13N5O4. The van der Waals surface area contributed by atoms with Crippen molar-refractivity contribution in [1.29, 1.82) is 0 Å². The molecule has 9 heteroatoms. The molecule has 2 aromatic rings. The molecule has 2 rings (SSSR count). The summed E-state index contributed by atoms with van der Waals surface area (Å²) in [6, 6.07) is 0. The molecule has 2 heterocycles. The second kappa shape index (κ2) is 4.76. The van der Waals surface area contributed by atoms with Gasteiger partial charge in [0.2, 0.25) is 0 Å². The molecule has 0 spiro atoms. The first-order valence-electron chi connectivity index (χ1n) is 5.75. The van der Waals surface area contributed by atoms with Gasteiger partial charge in [-0.05, 0) is 13.8 Å². The first kappa shape index (κ1) is 13.7. The molecule has 0 bridgehead atoms. The maximum absolute atomic E-state index is 11.1. The van der Waals surface area contributed by atoms with Gasteiger partial charge in [-0.25, -0.2) is 4.79 Å². The number of rotatable bonds is 4. The molecule has 0 atom stereocenters. The van der Waals surface area contributed by atoms with Crippen LogP contribution in [0.4, 0.5) is 5.69 Å². The van der Waals surface area contributed by atoms with Crippen molar-refractivity contribution in [3.8, 4) is 0 Å². The molecular weight excluding hydrogens is 266 g/mol. The lowest BCUT2D eigenvalue weighted by atomic mass is 10.2. The van der Waals surface area contributed by atoms with Crippen LogP contribution in [-0.2, 0) is 13.6 Å². The van der Waals surface area contributed by atoms with E-state index in [4.69, 9.17) is 5.11 Å². The van der Waals surface area contributed by atoms with E-state index in [0.29, 0.717) is 17.1 Å². The maximum atomic E-state index is 11.1. The average Bonchev–Trinajstić information content (AvgIpc) is 2.82. The minimum Gasteiger partial charge on any atom is -0.478 e. The van der Waals surface area contributed by atoms with Crippen molar-refractivity contribution in [2.24, 2.45) is 7.05 Å². The highest BCUT2D eigenvalue weighted by Crippen LogP contribution is 2.23. The zero-order valence-electron chi connectivity index (χ0n) is 11.2. The fourth-order valence-electron chi connectivity index (χ4n) is 2.08. The molecule has 0 aliphatic carbocycles. The SMILES string of the molecule is Cc1nn(Cc2c(C(=O)O)cnn2C)c(C)c1[N+](=O)[O-]. The molecule has 2 aromatic heterocycles. The first-order chi connectivity index (χ1) is 9.32. The number of aromatic nitrogens is 4. The Hall–Kier alpha value is -2.71. The first-order valence-corrected chi connectivity index (χ1v) is 5.75. The van der Waals surface area contributed by atoms with Crippen LogP contribution in [0.2, 0.25) is 0 Å². The molecule has 0 fully saturated rings. The van der Waals surface area contributed by atoms with Crippen LogP contribution >= 0.6 is 0 Å². The Labute approximate surface area is 113 Å². The third kappa shape index (κ3) is 2.13. The number of carboxylic acid groups (broad SMARTS) is 1. The van der Waals surface area contributed by atoms with Crippen molar-refractivity contribution in [3.05, 3.63) is 39.0 Å². The van der Waals surface area contributed by atoms with E-state index in [1.54, 1.807) is 20.9 Å². The third-order valence-electron chi connectivity index (χ3n) is 3.12.